The minimum absolute atomic E-state index is 0. The van der Waals surface area contributed by atoms with Gasteiger partial charge in [0.25, 0.3) is 0 Å². The Balaban J connectivity index is 0.00000208. The Bertz CT molecular complexity index is 546. The Labute approximate surface area is 149 Å². The van der Waals surface area contributed by atoms with Crippen molar-refractivity contribution in [1.29, 1.82) is 0 Å². The van der Waals surface area contributed by atoms with Crippen molar-refractivity contribution < 1.29 is 13.9 Å². The molecule has 1 saturated carbocycles. The molecule has 0 bridgehead atoms. The van der Waals surface area contributed by atoms with Crippen LogP contribution in [0.3, 0.4) is 0 Å². The van der Waals surface area contributed by atoms with Gasteiger partial charge in [-0.2, -0.15) is 0 Å². The summed E-state index contributed by atoms with van der Waals surface area (Å²) in [5.41, 5.74) is 0.392. The lowest BCUT2D eigenvalue weighted by Crippen LogP contribution is -2.31. The van der Waals surface area contributed by atoms with E-state index in [1.165, 1.54) is 50.7 Å². The maximum atomic E-state index is 13.3. The molecule has 3 nitrogen and oxygen atoms in total. The van der Waals surface area contributed by atoms with Gasteiger partial charge in [0.1, 0.15) is 11.6 Å². The van der Waals surface area contributed by atoms with E-state index in [-0.39, 0.29) is 29.9 Å². The highest BCUT2D eigenvalue weighted by molar-refractivity contribution is 6.01. The Kier molecular flexibility index (Phi) is 7.50. The maximum absolute atomic E-state index is 13.3. The number of fused-ring (bicyclic) bond motifs is 1. The van der Waals surface area contributed by atoms with E-state index in [0.717, 1.165) is 25.4 Å². The predicted molar refractivity (Wildman–Crippen MR) is 95.6 cm³/mol. The first-order valence-electron chi connectivity index (χ1n) is 8.91. The number of carbonyl (C=O) groups is 1. The first-order chi connectivity index (χ1) is 11.2. The number of rotatable bonds is 6. The second-order valence-corrected chi connectivity index (χ2v) is 6.84. The third kappa shape index (κ3) is 4.93. The first-order valence-corrected chi connectivity index (χ1v) is 8.91. The van der Waals surface area contributed by atoms with Gasteiger partial charge in [-0.3, -0.25) is 4.79 Å². The highest BCUT2D eigenvalue weighted by atomic mass is 35.5. The van der Waals surface area contributed by atoms with Crippen LogP contribution >= 0.6 is 12.4 Å². The van der Waals surface area contributed by atoms with Crippen LogP contribution in [0.25, 0.3) is 0 Å². The van der Waals surface area contributed by atoms with E-state index >= 15 is 0 Å². The molecule has 1 atom stereocenters. The highest BCUT2D eigenvalue weighted by Crippen LogP contribution is 2.29. The Hall–Kier alpha value is -1.13. The van der Waals surface area contributed by atoms with Crippen LogP contribution in [0.2, 0.25) is 0 Å². The van der Waals surface area contributed by atoms with Crippen molar-refractivity contribution in [3.05, 3.63) is 29.6 Å². The lowest BCUT2D eigenvalue weighted by atomic mass is 9.87. The summed E-state index contributed by atoms with van der Waals surface area (Å²) in [7, 11) is 0. The monoisotopic (exact) mass is 355 g/mol. The zero-order chi connectivity index (χ0) is 16.1. The molecule has 0 aromatic heterocycles. The number of hydrogen-bond donors (Lipinski definition) is 1. The van der Waals surface area contributed by atoms with Crippen LogP contribution in [0.15, 0.2) is 18.2 Å². The van der Waals surface area contributed by atoms with E-state index in [1.807, 2.05) is 0 Å². The Morgan fingerprint density at radius 1 is 1.12 bits per heavy atom. The highest BCUT2D eigenvalue weighted by Gasteiger charge is 2.28. The number of ether oxygens (including phenoxy) is 1. The SMILES string of the molecule is Cl.O=C1c2cc(F)ccc2OCC1CCNCCC1CCCCC1. The second-order valence-electron chi connectivity index (χ2n) is 6.84. The summed E-state index contributed by atoms with van der Waals surface area (Å²) >= 11 is 0. The molecule has 0 radical (unpaired) electrons. The third-order valence-corrected chi connectivity index (χ3v) is 5.14. The van der Waals surface area contributed by atoms with Gasteiger partial charge in [-0.25, -0.2) is 4.39 Å². The zero-order valence-corrected chi connectivity index (χ0v) is 14.9. The number of carbonyl (C=O) groups excluding carboxylic acids is 1. The fourth-order valence-electron chi connectivity index (χ4n) is 3.70. The number of halogens is 2. The molecule has 0 spiro atoms. The Morgan fingerprint density at radius 3 is 2.67 bits per heavy atom. The zero-order valence-electron chi connectivity index (χ0n) is 14.1. The van der Waals surface area contributed by atoms with Crippen molar-refractivity contribution in [1.82, 2.24) is 5.32 Å². The summed E-state index contributed by atoms with van der Waals surface area (Å²) in [6, 6.07) is 4.17. The molecule has 1 heterocycles. The molecule has 1 fully saturated rings. The quantitative estimate of drug-likeness (QED) is 0.769. The van der Waals surface area contributed by atoms with Crippen LogP contribution in [-0.2, 0) is 0 Å². The van der Waals surface area contributed by atoms with Crippen molar-refractivity contribution in [2.45, 2.75) is 44.9 Å². The van der Waals surface area contributed by atoms with Crippen LogP contribution in [0, 0.1) is 17.7 Å². The number of nitrogens with one attached hydrogen (secondary N) is 1. The molecular formula is C19H27ClFNO2. The average molecular weight is 356 g/mol. The number of hydrogen-bond acceptors (Lipinski definition) is 3. The number of Topliss-reactive ketones (excluding diaryl/α,β-unsaturated/α-hetero) is 1. The molecule has 0 amide bonds. The van der Waals surface area contributed by atoms with Crippen LogP contribution in [0.1, 0.15) is 55.3 Å². The molecule has 1 aromatic carbocycles. The molecule has 2 aliphatic rings. The molecule has 1 aliphatic heterocycles. The molecule has 1 aromatic rings. The predicted octanol–water partition coefficient (Wildman–Crippen LogP) is 4.39. The van der Waals surface area contributed by atoms with Gasteiger partial charge in [0, 0.05) is 0 Å². The van der Waals surface area contributed by atoms with E-state index in [2.05, 4.69) is 5.32 Å². The summed E-state index contributed by atoms with van der Waals surface area (Å²) in [5.74, 6) is 0.863. The van der Waals surface area contributed by atoms with Crippen LogP contribution in [-0.4, -0.2) is 25.5 Å². The maximum Gasteiger partial charge on any atom is 0.173 e. The van der Waals surface area contributed by atoms with E-state index in [4.69, 9.17) is 4.74 Å². The molecule has 1 unspecified atom stereocenters. The van der Waals surface area contributed by atoms with Crippen LogP contribution in [0.5, 0.6) is 5.75 Å². The van der Waals surface area contributed by atoms with Crippen LogP contribution in [0.4, 0.5) is 4.39 Å². The summed E-state index contributed by atoms with van der Waals surface area (Å²) in [5, 5.41) is 3.45. The van der Waals surface area contributed by atoms with Crippen molar-refractivity contribution in [2.75, 3.05) is 19.7 Å². The van der Waals surface area contributed by atoms with Gasteiger partial charge in [-0.05, 0) is 50.0 Å². The van der Waals surface area contributed by atoms with Crippen molar-refractivity contribution >= 4 is 18.2 Å². The average Bonchev–Trinajstić information content (AvgIpc) is 2.58. The summed E-state index contributed by atoms with van der Waals surface area (Å²) in [4.78, 5) is 12.4. The van der Waals surface area contributed by atoms with Crippen molar-refractivity contribution in [3.63, 3.8) is 0 Å². The molecule has 1 N–H and O–H groups in total. The van der Waals surface area contributed by atoms with E-state index in [1.54, 1.807) is 6.07 Å². The lowest BCUT2D eigenvalue weighted by molar-refractivity contribution is 0.0819. The van der Waals surface area contributed by atoms with Gasteiger partial charge < -0.3 is 10.1 Å². The van der Waals surface area contributed by atoms with E-state index in [0.29, 0.717) is 17.9 Å². The molecule has 3 rings (SSSR count). The molecule has 24 heavy (non-hydrogen) atoms. The van der Waals surface area contributed by atoms with Gasteiger partial charge in [0.2, 0.25) is 0 Å². The minimum atomic E-state index is -0.382. The van der Waals surface area contributed by atoms with Gasteiger partial charge >= 0.3 is 0 Å². The number of ketones is 1. The van der Waals surface area contributed by atoms with Gasteiger partial charge in [0.05, 0.1) is 18.1 Å². The molecule has 134 valence electrons. The van der Waals surface area contributed by atoms with Gasteiger partial charge in [-0.1, -0.05) is 32.1 Å². The normalized spacial score (nSPS) is 20.9. The fraction of sp³-hybridized carbons (Fsp3) is 0.632. The van der Waals surface area contributed by atoms with Crippen molar-refractivity contribution in [2.24, 2.45) is 11.8 Å². The summed E-state index contributed by atoms with van der Waals surface area (Å²) in [6.45, 7) is 2.25. The molecule has 1 aliphatic carbocycles. The van der Waals surface area contributed by atoms with Crippen LogP contribution < -0.4 is 10.1 Å². The molecule has 5 heteroatoms. The molecule has 0 saturated heterocycles. The second kappa shape index (κ2) is 9.38. The summed E-state index contributed by atoms with van der Waals surface area (Å²) in [6.07, 6.45) is 8.90. The first kappa shape index (κ1) is 19.2. The largest absolute Gasteiger partial charge is 0.492 e. The smallest absolute Gasteiger partial charge is 0.173 e. The third-order valence-electron chi connectivity index (χ3n) is 5.14. The summed E-state index contributed by atoms with van der Waals surface area (Å²) < 4.78 is 18.9. The molecular weight excluding hydrogens is 329 g/mol. The number of benzene rings is 1. The minimum Gasteiger partial charge on any atom is -0.492 e. The van der Waals surface area contributed by atoms with Gasteiger partial charge in [0.15, 0.2) is 5.78 Å². The van der Waals surface area contributed by atoms with Gasteiger partial charge in [-0.15, -0.1) is 12.4 Å². The lowest BCUT2D eigenvalue weighted by Gasteiger charge is -2.24. The Morgan fingerprint density at radius 2 is 1.88 bits per heavy atom. The topological polar surface area (TPSA) is 38.3 Å². The van der Waals surface area contributed by atoms with Crippen molar-refractivity contribution in [3.8, 4) is 5.75 Å². The fourth-order valence-corrected chi connectivity index (χ4v) is 3.70. The van der Waals surface area contributed by atoms with E-state index < -0.39 is 0 Å². The standard InChI is InChI=1S/C19H26FNO2.ClH/c20-16-6-7-18-17(12-16)19(22)15(13-23-18)9-11-21-10-8-14-4-2-1-3-5-14;/h6-7,12,14-15,21H,1-5,8-11,13H2;1H. The van der Waals surface area contributed by atoms with E-state index in [9.17, 15) is 9.18 Å².